The standard InChI is InChI=1S/C15H21FN2O2/c1-18(10-15(19)17-8-11-3-4-11)9-12-5-6-14(20-2)13(16)7-12/h5-7,11H,3-4,8-10H2,1-2H3,(H,17,19). The summed E-state index contributed by atoms with van der Waals surface area (Å²) >= 11 is 0. The zero-order valence-electron chi connectivity index (χ0n) is 12.0. The molecule has 0 unspecified atom stereocenters. The lowest BCUT2D eigenvalue weighted by Gasteiger charge is -2.16. The number of carbonyl (C=O) groups excluding carboxylic acids is 1. The first-order valence-electron chi connectivity index (χ1n) is 6.86. The Labute approximate surface area is 118 Å². The number of methoxy groups -OCH3 is 1. The van der Waals surface area contributed by atoms with Crippen molar-refractivity contribution in [1.29, 1.82) is 0 Å². The molecule has 0 aliphatic heterocycles. The Balaban J connectivity index is 1.79. The lowest BCUT2D eigenvalue weighted by Crippen LogP contribution is -2.35. The van der Waals surface area contributed by atoms with E-state index in [-0.39, 0.29) is 17.5 Å². The molecule has 1 fully saturated rings. The van der Waals surface area contributed by atoms with Crippen LogP contribution in [0.4, 0.5) is 4.39 Å². The van der Waals surface area contributed by atoms with Crippen LogP contribution in [0.25, 0.3) is 0 Å². The Kier molecular flexibility index (Phi) is 4.95. The first kappa shape index (κ1) is 14.8. The molecular weight excluding hydrogens is 259 g/mol. The van der Waals surface area contributed by atoms with Crippen molar-refractivity contribution in [3.05, 3.63) is 29.6 Å². The fraction of sp³-hybridized carbons (Fsp3) is 0.533. The van der Waals surface area contributed by atoms with Gasteiger partial charge in [-0.05, 0) is 43.5 Å². The number of likely N-dealkylation sites (N-methyl/N-ethyl adjacent to an activating group) is 1. The van der Waals surface area contributed by atoms with Crippen molar-refractivity contribution in [2.75, 3.05) is 27.2 Å². The molecule has 0 radical (unpaired) electrons. The number of hydrogen-bond acceptors (Lipinski definition) is 3. The van der Waals surface area contributed by atoms with Crippen molar-refractivity contribution in [3.63, 3.8) is 0 Å². The van der Waals surface area contributed by atoms with Gasteiger partial charge in [-0.1, -0.05) is 6.07 Å². The van der Waals surface area contributed by atoms with Crippen LogP contribution in [0.1, 0.15) is 18.4 Å². The summed E-state index contributed by atoms with van der Waals surface area (Å²) in [5, 5.41) is 2.92. The lowest BCUT2D eigenvalue weighted by molar-refractivity contribution is -0.122. The van der Waals surface area contributed by atoms with Crippen LogP contribution in [0, 0.1) is 11.7 Å². The van der Waals surface area contributed by atoms with Crippen LogP contribution in [0.3, 0.4) is 0 Å². The molecular formula is C15H21FN2O2. The molecule has 4 nitrogen and oxygen atoms in total. The van der Waals surface area contributed by atoms with Gasteiger partial charge in [-0.25, -0.2) is 4.39 Å². The minimum atomic E-state index is -0.378. The van der Waals surface area contributed by atoms with Crippen molar-refractivity contribution in [1.82, 2.24) is 10.2 Å². The molecule has 1 aromatic carbocycles. The Morgan fingerprint density at radius 1 is 1.50 bits per heavy atom. The van der Waals surface area contributed by atoms with E-state index >= 15 is 0 Å². The third-order valence-electron chi connectivity index (χ3n) is 3.37. The molecule has 5 heteroatoms. The second-order valence-electron chi connectivity index (χ2n) is 5.39. The molecule has 1 aliphatic rings. The third-order valence-corrected chi connectivity index (χ3v) is 3.37. The molecule has 0 heterocycles. The van der Waals surface area contributed by atoms with E-state index in [1.807, 2.05) is 11.9 Å². The van der Waals surface area contributed by atoms with Gasteiger partial charge in [-0.15, -0.1) is 0 Å². The van der Waals surface area contributed by atoms with Crippen LogP contribution in [-0.2, 0) is 11.3 Å². The van der Waals surface area contributed by atoms with Gasteiger partial charge < -0.3 is 10.1 Å². The minimum absolute atomic E-state index is 0.0217. The first-order valence-corrected chi connectivity index (χ1v) is 6.86. The summed E-state index contributed by atoms with van der Waals surface area (Å²) < 4.78 is 18.4. The lowest BCUT2D eigenvalue weighted by atomic mass is 10.2. The molecule has 0 atom stereocenters. The van der Waals surface area contributed by atoms with Gasteiger partial charge in [0.1, 0.15) is 0 Å². The van der Waals surface area contributed by atoms with Crippen molar-refractivity contribution in [2.24, 2.45) is 5.92 Å². The molecule has 1 aromatic rings. The number of nitrogens with one attached hydrogen (secondary N) is 1. The SMILES string of the molecule is COc1ccc(CN(C)CC(=O)NCC2CC2)cc1F. The zero-order valence-corrected chi connectivity index (χ0v) is 12.0. The van der Waals surface area contributed by atoms with Gasteiger partial charge >= 0.3 is 0 Å². The summed E-state index contributed by atoms with van der Waals surface area (Å²) in [5.41, 5.74) is 0.820. The zero-order chi connectivity index (χ0) is 14.5. The average Bonchev–Trinajstić information content (AvgIpc) is 3.20. The Morgan fingerprint density at radius 3 is 2.85 bits per heavy atom. The van der Waals surface area contributed by atoms with Crippen LogP contribution in [0.5, 0.6) is 5.75 Å². The second-order valence-corrected chi connectivity index (χ2v) is 5.39. The van der Waals surface area contributed by atoms with Gasteiger partial charge in [0.15, 0.2) is 11.6 Å². The van der Waals surface area contributed by atoms with E-state index in [0.29, 0.717) is 19.0 Å². The van der Waals surface area contributed by atoms with Crippen LogP contribution in [0.2, 0.25) is 0 Å². The molecule has 0 aromatic heterocycles. The molecule has 1 N–H and O–H groups in total. The highest BCUT2D eigenvalue weighted by Crippen LogP contribution is 2.27. The predicted molar refractivity (Wildman–Crippen MR) is 75.0 cm³/mol. The van der Waals surface area contributed by atoms with E-state index in [2.05, 4.69) is 5.32 Å². The van der Waals surface area contributed by atoms with Crippen LogP contribution in [-0.4, -0.2) is 38.1 Å². The van der Waals surface area contributed by atoms with E-state index in [4.69, 9.17) is 4.74 Å². The summed E-state index contributed by atoms with van der Waals surface area (Å²) in [6.07, 6.45) is 2.45. The number of ether oxygens (including phenoxy) is 1. The van der Waals surface area contributed by atoms with Crippen LogP contribution in [0.15, 0.2) is 18.2 Å². The summed E-state index contributed by atoms with van der Waals surface area (Å²) in [4.78, 5) is 13.6. The molecule has 0 spiro atoms. The summed E-state index contributed by atoms with van der Waals surface area (Å²) in [6, 6.07) is 4.85. The van der Waals surface area contributed by atoms with Gasteiger partial charge in [0.25, 0.3) is 0 Å². The van der Waals surface area contributed by atoms with Crippen LogP contribution < -0.4 is 10.1 Å². The van der Waals surface area contributed by atoms with Crippen molar-refractivity contribution >= 4 is 5.91 Å². The molecule has 110 valence electrons. The van der Waals surface area contributed by atoms with Crippen LogP contribution >= 0.6 is 0 Å². The smallest absolute Gasteiger partial charge is 0.234 e. The predicted octanol–water partition coefficient (Wildman–Crippen LogP) is 1.79. The molecule has 2 rings (SSSR count). The molecule has 1 aliphatic carbocycles. The maximum atomic E-state index is 13.6. The first-order chi connectivity index (χ1) is 9.58. The third kappa shape index (κ3) is 4.49. The number of nitrogens with zero attached hydrogens (tertiary/aromatic N) is 1. The summed E-state index contributed by atoms with van der Waals surface area (Å²) in [5.74, 6) is 0.559. The molecule has 20 heavy (non-hydrogen) atoms. The monoisotopic (exact) mass is 280 g/mol. The van der Waals surface area contributed by atoms with E-state index in [1.165, 1.54) is 26.0 Å². The quantitative estimate of drug-likeness (QED) is 0.828. The van der Waals surface area contributed by atoms with Gasteiger partial charge in [-0.3, -0.25) is 9.69 Å². The number of carbonyl (C=O) groups is 1. The van der Waals surface area contributed by atoms with Gasteiger partial charge in [0.2, 0.25) is 5.91 Å². The molecule has 1 saturated carbocycles. The van der Waals surface area contributed by atoms with Crippen molar-refractivity contribution in [2.45, 2.75) is 19.4 Å². The normalized spacial score (nSPS) is 14.4. The van der Waals surface area contributed by atoms with Crippen molar-refractivity contribution in [3.8, 4) is 5.75 Å². The van der Waals surface area contributed by atoms with Gasteiger partial charge in [-0.2, -0.15) is 0 Å². The number of amides is 1. The largest absolute Gasteiger partial charge is 0.494 e. The summed E-state index contributed by atoms with van der Waals surface area (Å²) in [7, 11) is 3.28. The van der Waals surface area contributed by atoms with E-state index < -0.39 is 0 Å². The molecule has 0 bridgehead atoms. The number of halogens is 1. The fourth-order valence-electron chi connectivity index (χ4n) is 2.06. The fourth-order valence-corrected chi connectivity index (χ4v) is 2.06. The number of rotatable bonds is 7. The topological polar surface area (TPSA) is 41.6 Å². The highest BCUT2D eigenvalue weighted by atomic mass is 19.1. The molecule has 1 amide bonds. The van der Waals surface area contributed by atoms with Gasteiger partial charge in [0.05, 0.1) is 13.7 Å². The Morgan fingerprint density at radius 2 is 2.25 bits per heavy atom. The maximum Gasteiger partial charge on any atom is 0.234 e. The average molecular weight is 280 g/mol. The van der Waals surface area contributed by atoms with E-state index in [0.717, 1.165) is 12.1 Å². The Bertz CT molecular complexity index is 475. The highest BCUT2D eigenvalue weighted by molar-refractivity contribution is 5.78. The van der Waals surface area contributed by atoms with Gasteiger partial charge in [0, 0.05) is 13.1 Å². The van der Waals surface area contributed by atoms with Crippen molar-refractivity contribution < 1.29 is 13.9 Å². The number of hydrogen-bond donors (Lipinski definition) is 1. The van der Waals surface area contributed by atoms with E-state index in [9.17, 15) is 9.18 Å². The Hall–Kier alpha value is -1.62. The second kappa shape index (κ2) is 6.70. The summed E-state index contributed by atoms with van der Waals surface area (Å²) in [6.45, 7) is 1.63. The van der Waals surface area contributed by atoms with E-state index in [1.54, 1.807) is 12.1 Å². The minimum Gasteiger partial charge on any atom is -0.494 e. The molecule has 0 saturated heterocycles. The number of benzene rings is 1. The maximum absolute atomic E-state index is 13.6. The highest BCUT2D eigenvalue weighted by Gasteiger charge is 2.21.